The monoisotopic (exact) mass is 234 g/mol. The average Bonchev–Trinajstić information content (AvgIpc) is 2.13. The smallest absolute Gasteiger partial charge is 0.220 e. The first-order valence-electron chi connectivity index (χ1n) is 4.70. The van der Waals surface area contributed by atoms with Crippen LogP contribution in [-0.4, -0.2) is 29.4 Å². The summed E-state index contributed by atoms with van der Waals surface area (Å²) in [5.41, 5.74) is 5.34. The summed E-state index contributed by atoms with van der Waals surface area (Å²) in [5.74, 6) is 1.02. The third-order valence-corrected chi connectivity index (χ3v) is 2.52. The Hall–Kier alpha value is -0.290. The number of thiocarbonyl (C=S) groups is 1. The van der Waals surface area contributed by atoms with E-state index in [1.165, 1.54) is 0 Å². The second-order valence-corrected chi connectivity index (χ2v) is 4.53. The predicted octanol–water partition coefficient (Wildman–Crippen LogP) is 1.31. The first-order valence-corrected chi connectivity index (χ1v) is 6.51. The van der Waals surface area contributed by atoms with E-state index in [1.807, 2.05) is 6.26 Å². The highest BCUT2D eigenvalue weighted by molar-refractivity contribution is 7.98. The van der Waals surface area contributed by atoms with Crippen LogP contribution >= 0.6 is 24.0 Å². The van der Waals surface area contributed by atoms with E-state index >= 15 is 0 Å². The summed E-state index contributed by atoms with van der Waals surface area (Å²) in [5, 5.41) is 2.85. The highest BCUT2D eigenvalue weighted by atomic mass is 32.2. The standard InChI is InChI=1S/C9H18N2OS2/c1-14-7-5-9(12)11-6-3-2-4-8(10)13/h2-7H2,1H3,(H2,10,13)(H,11,12). The number of rotatable bonds is 8. The zero-order valence-corrected chi connectivity index (χ0v) is 10.2. The Labute approximate surface area is 95.2 Å². The second kappa shape index (κ2) is 9.27. The van der Waals surface area contributed by atoms with Gasteiger partial charge < -0.3 is 11.1 Å². The lowest BCUT2D eigenvalue weighted by Crippen LogP contribution is -2.24. The van der Waals surface area contributed by atoms with E-state index in [1.54, 1.807) is 11.8 Å². The largest absolute Gasteiger partial charge is 0.393 e. The second-order valence-electron chi connectivity index (χ2n) is 3.02. The Kier molecular flexibility index (Phi) is 9.08. The van der Waals surface area contributed by atoms with Gasteiger partial charge in [0.05, 0.1) is 4.99 Å². The highest BCUT2D eigenvalue weighted by Gasteiger charge is 1.98. The van der Waals surface area contributed by atoms with Crippen LogP contribution in [0.4, 0.5) is 0 Å². The molecular formula is C9H18N2OS2. The van der Waals surface area contributed by atoms with Gasteiger partial charge in [-0.3, -0.25) is 4.79 Å². The molecule has 0 aromatic carbocycles. The van der Waals surface area contributed by atoms with E-state index in [-0.39, 0.29) is 5.91 Å². The molecule has 0 unspecified atom stereocenters. The van der Waals surface area contributed by atoms with Gasteiger partial charge in [0, 0.05) is 18.7 Å². The number of carbonyl (C=O) groups is 1. The number of hydrogen-bond donors (Lipinski definition) is 2. The van der Waals surface area contributed by atoms with Gasteiger partial charge in [0.25, 0.3) is 0 Å². The lowest BCUT2D eigenvalue weighted by Gasteiger charge is -2.03. The number of nitrogens with one attached hydrogen (secondary N) is 1. The van der Waals surface area contributed by atoms with Crippen molar-refractivity contribution in [2.24, 2.45) is 5.73 Å². The molecule has 3 N–H and O–H groups in total. The summed E-state index contributed by atoms with van der Waals surface area (Å²) in [6, 6.07) is 0. The SMILES string of the molecule is CSCCC(=O)NCCCCC(N)=S. The summed E-state index contributed by atoms with van der Waals surface area (Å²) in [6.45, 7) is 0.732. The molecule has 0 fully saturated rings. The van der Waals surface area contributed by atoms with E-state index < -0.39 is 0 Å². The Morgan fingerprint density at radius 3 is 2.71 bits per heavy atom. The van der Waals surface area contributed by atoms with E-state index in [4.69, 9.17) is 18.0 Å². The molecule has 0 bridgehead atoms. The van der Waals surface area contributed by atoms with Crippen molar-refractivity contribution in [1.29, 1.82) is 0 Å². The molecule has 0 aromatic heterocycles. The molecule has 0 radical (unpaired) electrons. The predicted molar refractivity (Wildman–Crippen MR) is 66.6 cm³/mol. The van der Waals surface area contributed by atoms with Crippen LogP contribution in [0.5, 0.6) is 0 Å². The fourth-order valence-corrected chi connectivity index (χ4v) is 1.47. The minimum atomic E-state index is 0.134. The molecule has 0 saturated heterocycles. The summed E-state index contributed by atoms with van der Waals surface area (Å²) in [7, 11) is 0. The van der Waals surface area contributed by atoms with E-state index in [0.29, 0.717) is 11.4 Å². The summed E-state index contributed by atoms with van der Waals surface area (Å²) in [6.07, 6.45) is 5.28. The molecule has 0 aromatic rings. The van der Waals surface area contributed by atoms with Gasteiger partial charge in [-0.1, -0.05) is 12.2 Å². The maximum atomic E-state index is 11.1. The fraction of sp³-hybridized carbons (Fsp3) is 0.778. The van der Waals surface area contributed by atoms with Gasteiger partial charge in [-0.15, -0.1) is 0 Å². The number of thioether (sulfide) groups is 1. The van der Waals surface area contributed by atoms with Crippen molar-refractivity contribution < 1.29 is 4.79 Å². The molecule has 0 spiro atoms. The van der Waals surface area contributed by atoms with Gasteiger partial charge in [-0.2, -0.15) is 11.8 Å². The first-order chi connectivity index (χ1) is 6.66. The van der Waals surface area contributed by atoms with Gasteiger partial charge in [0.2, 0.25) is 5.91 Å². The molecule has 0 atom stereocenters. The van der Waals surface area contributed by atoms with Crippen LogP contribution < -0.4 is 11.1 Å². The minimum Gasteiger partial charge on any atom is -0.393 e. The third kappa shape index (κ3) is 9.80. The molecule has 0 rings (SSSR count). The number of nitrogens with two attached hydrogens (primary N) is 1. The molecule has 1 amide bonds. The van der Waals surface area contributed by atoms with Crippen LogP contribution in [0.25, 0.3) is 0 Å². The first kappa shape index (κ1) is 13.7. The Morgan fingerprint density at radius 1 is 1.43 bits per heavy atom. The molecule has 5 heteroatoms. The van der Waals surface area contributed by atoms with Crippen molar-refractivity contribution in [2.45, 2.75) is 25.7 Å². The van der Waals surface area contributed by atoms with Crippen molar-refractivity contribution >= 4 is 34.9 Å². The number of hydrogen-bond acceptors (Lipinski definition) is 3. The summed E-state index contributed by atoms with van der Waals surface area (Å²) < 4.78 is 0. The van der Waals surface area contributed by atoms with Crippen LogP contribution in [0.15, 0.2) is 0 Å². The molecular weight excluding hydrogens is 216 g/mol. The molecule has 14 heavy (non-hydrogen) atoms. The summed E-state index contributed by atoms with van der Waals surface area (Å²) >= 11 is 6.42. The van der Waals surface area contributed by atoms with E-state index in [2.05, 4.69) is 5.32 Å². The van der Waals surface area contributed by atoms with E-state index in [9.17, 15) is 4.79 Å². The maximum Gasteiger partial charge on any atom is 0.220 e. The van der Waals surface area contributed by atoms with Gasteiger partial charge >= 0.3 is 0 Å². The zero-order valence-electron chi connectivity index (χ0n) is 8.54. The Morgan fingerprint density at radius 2 is 2.14 bits per heavy atom. The normalized spacial score (nSPS) is 9.79. The molecule has 0 saturated carbocycles. The third-order valence-electron chi connectivity index (χ3n) is 1.71. The quantitative estimate of drug-likeness (QED) is 0.491. The van der Waals surface area contributed by atoms with E-state index in [0.717, 1.165) is 31.6 Å². The van der Waals surface area contributed by atoms with Gasteiger partial charge in [-0.25, -0.2) is 0 Å². The van der Waals surface area contributed by atoms with Crippen molar-refractivity contribution in [3.05, 3.63) is 0 Å². The van der Waals surface area contributed by atoms with Gasteiger partial charge in [0.1, 0.15) is 0 Å². The molecule has 0 aliphatic carbocycles. The molecule has 0 aliphatic heterocycles. The van der Waals surface area contributed by atoms with Crippen LogP contribution in [0, 0.1) is 0 Å². The molecule has 0 heterocycles. The van der Waals surface area contributed by atoms with Crippen molar-refractivity contribution in [3.8, 4) is 0 Å². The van der Waals surface area contributed by atoms with Crippen molar-refractivity contribution in [2.75, 3.05) is 18.6 Å². The number of unbranched alkanes of at least 4 members (excludes halogenated alkanes) is 1. The lowest BCUT2D eigenvalue weighted by molar-refractivity contribution is -0.120. The number of carbonyl (C=O) groups excluding carboxylic acids is 1. The zero-order chi connectivity index (χ0) is 10.8. The lowest BCUT2D eigenvalue weighted by atomic mass is 10.2. The van der Waals surface area contributed by atoms with Crippen LogP contribution in [0.3, 0.4) is 0 Å². The van der Waals surface area contributed by atoms with Crippen LogP contribution in [-0.2, 0) is 4.79 Å². The Bertz CT molecular complexity index is 186. The fourth-order valence-electron chi connectivity index (χ4n) is 0.935. The van der Waals surface area contributed by atoms with Gasteiger partial charge in [0.15, 0.2) is 0 Å². The highest BCUT2D eigenvalue weighted by Crippen LogP contribution is 1.96. The van der Waals surface area contributed by atoms with Crippen molar-refractivity contribution in [3.63, 3.8) is 0 Å². The average molecular weight is 234 g/mol. The topological polar surface area (TPSA) is 55.1 Å². The number of amides is 1. The molecule has 3 nitrogen and oxygen atoms in total. The van der Waals surface area contributed by atoms with Crippen LogP contribution in [0.2, 0.25) is 0 Å². The Balaban J connectivity index is 3.19. The molecule has 0 aliphatic rings. The van der Waals surface area contributed by atoms with Crippen LogP contribution in [0.1, 0.15) is 25.7 Å². The molecule has 82 valence electrons. The minimum absolute atomic E-state index is 0.134. The van der Waals surface area contributed by atoms with Crippen molar-refractivity contribution in [1.82, 2.24) is 5.32 Å². The summed E-state index contributed by atoms with van der Waals surface area (Å²) in [4.78, 5) is 11.7. The maximum absolute atomic E-state index is 11.1. The van der Waals surface area contributed by atoms with Gasteiger partial charge in [-0.05, 0) is 25.5 Å².